The molecule has 2 amide bonds. The minimum Gasteiger partial charge on any atom is -0.390 e. The fraction of sp³-hybridized carbons (Fsp3) is 0.586. The normalized spacial score (nSPS) is 25.7. The van der Waals surface area contributed by atoms with Crippen molar-refractivity contribution in [2.75, 3.05) is 38.0 Å². The van der Waals surface area contributed by atoms with E-state index in [0.717, 1.165) is 19.5 Å². The van der Waals surface area contributed by atoms with Crippen molar-refractivity contribution in [3.8, 4) is 0 Å². The number of amides is 2. The molecule has 2 N–H and O–H groups in total. The van der Waals surface area contributed by atoms with Gasteiger partial charge in [-0.3, -0.25) is 14.5 Å². The van der Waals surface area contributed by atoms with Crippen molar-refractivity contribution in [3.05, 3.63) is 53.5 Å². The van der Waals surface area contributed by atoms with E-state index in [1.807, 2.05) is 0 Å². The number of likely N-dealkylation sites (tertiary alicyclic amines) is 2. The molecule has 0 unspecified atom stereocenters. The molecule has 2 atom stereocenters. The lowest BCUT2D eigenvalue weighted by molar-refractivity contribution is -0.160. The number of nitrogens with zero attached hydrogens (tertiary/aromatic N) is 5. The Bertz CT molecular complexity index is 1250. The Morgan fingerprint density at radius 3 is 2.42 bits per heavy atom. The van der Waals surface area contributed by atoms with Gasteiger partial charge in [0.15, 0.2) is 0 Å². The van der Waals surface area contributed by atoms with E-state index >= 15 is 0 Å². The standard InChI is InChI=1S/C29H36F2N6O3/c30-29(31)14-21(15-29)27(39)35-10-6-22(7-11-35)34-26-13-23(32-18-33-26)28(40)37-12-8-24(25(38)17-37)36-9-5-19-3-1-2-4-20(19)16-36/h1-4,13,18,21-22,24-25,38H,5-12,14-17H2,(H,32,33,34)/t24-,25-/m1/s1. The monoisotopic (exact) mass is 554 g/mol. The van der Waals surface area contributed by atoms with Gasteiger partial charge in [0.1, 0.15) is 17.8 Å². The molecule has 1 saturated carbocycles. The number of rotatable bonds is 5. The molecule has 214 valence electrons. The molecule has 1 aromatic carbocycles. The van der Waals surface area contributed by atoms with E-state index in [2.05, 4.69) is 44.5 Å². The van der Waals surface area contributed by atoms with Crippen LogP contribution in [0.25, 0.3) is 0 Å². The fourth-order valence-corrected chi connectivity index (χ4v) is 6.59. The van der Waals surface area contributed by atoms with Crippen LogP contribution >= 0.6 is 0 Å². The zero-order chi connectivity index (χ0) is 27.9. The number of piperidine rings is 2. The summed E-state index contributed by atoms with van der Waals surface area (Å²) in [4.78, 5) is 39.9. The zero-order valence-electron chi connectivity index (χ0n) is 22.5. The number of hydrogen-bond donors (Lipinski definition) is 2. The highest BCUT2D eigenvalue weighted by atomic mass is 19.3. The van der Waals surface area contributed by atoms with Gasteiger partial charge in [-0.25, -0.2) is 18.7 Å². The minimum absolute atomic E-state index is 0.0126. The molecule has 11 heteroatoms. The van der Waals surface area contributed by atoms with Crippen LogP contribution in [0.15, 0.2) is 36.7 Å². The Hall–Kier alpha value is -3.18. The molecular formula is C29H36F2N6O3. The third kappa shape index (κ3) is 5.67. The molecule has 4 aliphatic rings. The molecule has 6 rings (SSSR count). The number of alkyl halides is 2. The average molecular weight is 555 g/mol. The van der Waals surface area contributed by atoms with Gasteiger partial charge in [-0.15, -0.1) is 0 Å². The maximum atomic E-state index is 13.3. The van der Waals surface area contributed by atoms with E-state index in [1.165, 1.54) is 17.5 Å². The van der Waals surface area contributed by atoms with Crippen LogP contribution in [-0.4, -0.2) is 98.4 Å². The summed E-state index contributed by atoms with van der Waals surface area (Å²) in [5, 5.41) is 14.3. The molecule has 0 bridgehead atoms. The quantitative estimate of drug-likeness (QED) is 0.586. The average Bonchev–Trinajstić information content (AvgIpc) is 2.95. The second-order valence-corrected chi connectivity index (χ2v) is 11.7. The number of aliphatic hydroxyl groups is 1. The molecule has 2 aromatic rings. The minimum atomic E-state index is -2.70. The number of hydrogen-bond acceptors (Lipinski definition) is 7. The number of aliphatic hydroxyl groups excluding tert-OH is 1. The number of anilines is 1. The van der Waals surface area contributed by atoms with Crippen LogP contribution in [0.1, 0.15) is 53.7 Å². The summed E-state index contributed by atoms with van der Waals surface area (Å²) < 4.78 is 26.3. The number of fused-ring (bicyclic) bond motifs is 1. The first kappa shape index (κ1) is 27.0. The van der Waals surface area contributed by atoms with E-state index in [4.69, 9.17) is 0 Å². The van der Waals surface area contributed by atoms with E-state index < -0.39 is 17.9 Å². The second kappa shape index (κ2) is 11.0. The fourth-order valence-electron chi connectivity index (χ4n) is 6.59. The first-order valence-corrected chi connectivity index (χ1v) is 14.3. The topological polar surface area (TPSA) is 102 Å². The van der Waals surface area contributed by atoms with Crippen LogP contribution in [0.3, 0.4) is 0 Å². The largest absolute Gasteiger partial charge is 0.390 e. The summed E-state index contributed by atoms with van der Waals surface area (Å²) in [5.41, 5.74) is 2.95. The van der Waals surface area contributed by atoms with Gasteiger partial charge in [-0.05, 0) is 36.8 Å². The molecule has 0 radical (unpaired) electrons. The predicted octanol–water partition coefficient (Wildman–Crippen LogP) is 2.56. The molecule has 0 spiro atoms. The number of carbonyl (C=O) groups excluding carboxylic acids is 2. The summed E-state index contributed by atoms with van der Waals surface area (Å²) in [6.07, 6.45) is 3.04. The molecule has 2 saturated heterocycles. The van der Waals surface area contributed by atoms with Gasteiger partial charge in [0.2, 0.25) is 11.8 Å². The summed E-state index contributed by atoms with van der Waals surface area (Å²) in [7, 11) is 0. The van der Waals surface area contributed by atoms with Gasteiger partial charge in [-0.1, -0.05) is 24.3 Å². The molecule has 3 aliphatic heterocycles. The van der Waals surface area contributed by atoms with Crippen molar-refractivity contribution >= 4 is 17.6 Å². The summed E-state index contributed by atoms with van der Waals surface area (Å²) in [6, 6.07) is 10.1. The van der Waals surface area contributed by atoms with E-state index in [-0.39, 0.29) is 49.0 Å². The number of carbonyl (C=O) groups is 2. The number of nitrogens with one attached hydrogen (secondary N) is 1. The van der Waals surface area contributed by atoms with E-state index in [1.54, 1.807) is 15.9 Å². The van der Waals surface area contributed by atoms with Gasteiger partial charge < -0.3 is 20.2 Å². The third-order valence-corrected chi connectivity index (χ3v) is 8.95. The lowest BCUT2D eigenvalue weighted by Gasteiger charge is -2.43. The van der Waals surface area contributed by atoms with Crippen molar-refractivity contribution < 1.29 is 23.5 Å². The van der Waals surface area contributed by atoms with Crippen molar-refractivity contribution in [1.29, 1.82) is 0 Å². The first-order chi connectivity index (χ1) is 19.3. The number of aromatic nitrogens is 2. The third-order valence-electron chi connectivity index (χ3n) is 8.95. The van der Waals surface area contributed by atoms with Crippen molar-refractivity contribution in [2.24, 2.45) is 5.92 Å². The Morgan fingerprint density at radius 1 is 0.975 bits per heavy atom. The number of β-amino-alcohol motifs (C(OH)–C–C–N with tert-alkyl or cyclic N) is 1. The van der Waals surface area contributed by atoms with Crippen LogP contribution in [0.4, 0.5) is 14.6 Å². The Kier molecular flexibility index (Phi) is 7.43. The van der Waals surface area contributed by atoms with Crippen LogP contribution in [0.2, 0.25) is 0 Å². The molecule has 3 fully saturated rings. The number of halogens is 2. The molecule has 4 heterocycles. The van der Waals surface area contributed by atoms with Crippen LogP contribution in [-0.2, 0) is 17.8 Å². The van der Waals surface area contributed by atoms with Gasteiger partial charge in [-0.2, -0.15) is 0 Å². The Balaban J connectivity index is 0.999. The van der Waals surface area contributed by atoms with Crippen LogP contribution in [0.5, 0.6) is 0 Å². The van der Waals surface area contributed by atoms with Crippen molar-refractivity contribution in [1.82, 2.24) is 24.7 Å². The second-order valence-electron chi connectivity index (χ2n) is 11.7. The first-order valence-electron chi connectivity index (χ1n) is 14.3. The maximum Gasteiger partial charge on any atom is 0.272 e. The highest BCUT2D eigenvalue weighted by Gasteiger charge is 2.50. The van der Waals surface area contributed by atoms with E-state index in [9.17, 15) is 23.5 Å². The Labute approximate surface area is 232 Å². The SMILES string of the molecule is O=C(c1cc(NC2CCN(C(=O)C3CC(F)(F)C3)CC2)ncn1)N1CC[C@@H](N2CCc3ccccc3C2)[C@H](O)C1. The Morgan fingerprint density at radius 2 is 1.70 bits per heavy atom. The highest BCUT2D eigenvalue weighted by molar-refractivity contribution is 5.93. The molecular weight excluding hydrogens is 518 g/mol. The smallest absolute Gasteiger partial charge is 0.272 e. The maximum absolute atomic E-state index is 13.3. The molecule has 1 aliphatic carbocycles. The van der Waals surface area contributed by atoms with Crippen molar-refractivity contribution in [2.45, 2.75) is 69.2 Å². The summed E-state index contributed by atoms with van der Waals surface area (Å²) >= 11 is 0. The highest BCUT2D eigenvalue weighted by Crippen LogP contribution is 2.43. The van der Waals surface area contributed by atoms with Crippen molar-refractivity contribution in [3.63, 3.8) is 0 Å². The van der Waals surface area contributed by atoms with Gasteiger partial charge in [0.25, 0.3) is 5.91 Å². The molecule has 40 heavy (non-hydrogen) atoms. The molecule has 1 aromatic heterocycles. The van der Waals surface area contributed by atoms with Gasteiger partial charge in [0, 0.05) is 76.2 Å². The number of benzene rings is 1. The summed E-state index contributed by atoms with van der Waals surface area (Å²) in [5.74, 6) is -3.13. The zero-order valence-corrected chi connectivity index (χ0v) is 22.5. The van der Waals surface area contributed by atoms with Crippen LogP contribution in [0, 0.1) is 5.92 Å². The van der Waals surface area contributed by atoms with E-state index in [0.29, 0.717) is 44.7 Å². The van der Waals surface area contributed by atoms with Gasteiger partial charge in [0.05, 0.1) is 6.10 Å². The van der Waals surface area contributed by atoms with Crippen LogP contribution < -0.4 is 5.32 Å². The molecule has 9 nitrogen and oxygen atoms in total. The summed E-state index contributed by atoms with van der Waals surface area (Å²) in [6.45, 7) is 3.53. The lowest BCUT2D eigenvalue weighted by atomic mass is 9.80. The predicted molar refractivity (Wildman–Crippen MR) is 144 cm³/mol. The lowest BCUT2D eigenvalue weighted by Crippen LogP contribution is -2.56. The van der Waals surface area contributed by atoms with Gasteiger partial charge >= 0.3 is 0 Å².